The van der Waals surface area contributed by atoms with Gasteiger partial charge in [-0.1, -0.05) is 26.0 Å². The van der Waals surface area contributed by atoms with Gasteiger partial charge in [0, 0.05) is 5.92 Å². The minimum absolute atomic E-state index is 0.0594. The zero-order valence-electron chi connectivity index (χ0n) is 12.8. The number of benzene rings is 1. The highest BCUT2D eigenvalue weighted by atomic mass is 19.4. The van der Waals surface area contributed by atoms with E-state index < -0.39 is 28.4 Å². The lowest BCUT2D eigenvalue weighted by Crippen LogP contribution is -2.10. The summed E-state index contributed by atoms with van der Waals surface area (Å²) in [6, 6.07) is 8.12. The van der Waals surface area contributed by atoms with Gasteiger partial charge in [0.05, 0.1) is 23.1 Å². The molecule has 0 atom stereocenters. The Morgan fingerprint density at radius 3 is 2.33 bits per heavy atom. The second kappa shape index (κ2) is 6.31. The van der Waals surface area contributed by atoms with E-state index in [0.29, 0.717) is 11.1 Å². The van der Waals surface area contributed by atoms with Gasteiger partial charge in [-0.3, -0.25) is 14.8 Å². The van der Waals surface area contributed by atoms with Crippen molar-refractivity contribution in [2.75, 3.05) is 0 Å². The summed E-state index contributed by atoms with van der Waals surface area (Å²) < 4.78 is 40.3. The van der Waals surface area contributed by atoms with Gasteiger partial charge in [0.1, 0.15) is 5.69 Å². The molecule has 0 bridgehead atoms. The van der Waals surface area contributed by atoms with Gasteiger partial charge < -0.3 is 0 Å². The SMILES string of the molecule is CC(C)c1c([N+](=O)[O-])c(C(F)(F)F)nn1Cc1ccc(C#N)cc1. The van der Waals surface area contributed by atoms with Crippen LogP contribution in [0.5, 0.6) is 0 Å². The van der Waals surface area contributed by atoms with Crippen molar-refractivity contribution in [1.82, 2.24) is 9.78 Å². The van der Waals surface area contributed by atoms with Crippen molar-refractivity contribution in [2.24, 2.45) is 0 Å². The van der Waals surface area contributed by atoms with Crippen molar-refractivity contribution >= 4 is 5.69 Å². The lowest BCUT2D eigenvalue weighted by Gasteiger charge is -2.09. The number of nitriles is 1. The lowest BCUT2D eigenvalue weighted by atomic mass is 10.1. The number of hydrogen-bond acceptors (Lipinski definition) is 4. The van der Waals surface area contributed by atoms with Crippen molar-refractivity contribution < 1.29 is 18.1 Å². The van der Waals surface area contributed by atoms with Crippen LogP contribution in [0.3, 0.4) is 0 Å². The van der Waals surface area contributed by atoms with Crippen LogP contribution < -0.4 is 0 Å². The largest absolute Gasteiger partial charge is 0.442 e. The van der Waals surface area contributed by atoms with Gasteiger partial charge in [-0.15, -0.1) is 0 Å². The van der Waals surface area contributed by atoms with E-state index in [9.17, 15) is 23.3 Å². The zero-order chi connectivity index (χ0) is 18.1. The lowest BCUT2D eigenvalue weighted by molar-refractivity contribution is -0.389. The van der Waals surface area contributed by atoms with Gasteiger partial charge in [0.15, 0.2) is 0 Å². The molecule has 1 heterocycles. The minimum atomic E-state index is -4.91. The standard InChI is InChI=1S/C15H13F3N4O2/c1-9(2)12-13(22(23)24)14(15(16,17)18)20-21(12)8-11-5-3-10(7-19)4-6-11/h3-6,9H,8H2,1-2H3. The monoisotopic (exact) mass is 338 g/mol. The van der Waals surface area contributed by atoms with E-state index in [1.54, 1.807) is 26.0 Å². The van der Waals surface area contributed by atoms with Gasteiger partial charge >= 0.3 is 11.9 Å². The molecule has 24 heavy (non-hydrogen) atoms. The molecular formula is C15H13F3N4O2. The molecule has 0 fully saturated rings. The molecule has 2 rings (SSSR count). The summed E-state index contributed by atoms with van der Waals surface area (Å²) in [6.45, 7) is 3.08. The number of aromatic nitrogens is 2. The maximum atomic E-state index is 13.1. The average molecular weight is 338 g/mol. The summed E-state index contributed by atoms with van der Waals surface area (Å²) in [5.41, 5.74) is -1.60. The molecular weight excluding hydrogens is 325 g/mol. The second-order valence-corrected chi connectivity index (χ2v) is 5.46. The molecule has 0 unspecified atom stereocenters. The van der Waals surface area contributed by atoms with Crippen molar-refractivity contribution in [2.45, 2.75) is 32.5 Å². The van der Waals surface area contributed by atoms with Crippen molar-refractivity contribution in [3.8, 4) is 6.07 Å². The maximum absolute atomic E-state index is 13.1. The first-order valence-electron chi connectivity index (χ1n) is 6.96. The molecule has 0 saturated heterocycles. The highest BCUT2D eigenvalue weighted by Crippen LogP contribution is 2.39. The molecule has 0 N–H and O–H groups in total. The van der Waals surface area contributed by atoms with Crippen LogP contribution in [-0.4, -0.2) is 14.7 Å². The van der Waals surface area contributed by atoms with Crippen LogP contribution in [0.4, 0.5) is 18.9 Å². The van der Waals surface area contributed by atoms with Gasteiger partial charge in [-0.2, -0.15) is 23.5 Å². The van der Waals surface area contributed by atoms with E-state index in [0.717, 1.165) is 4.68 Å². The second-order valence-electron chi connectivity index (χ2n) is 5.46. The molecule has 0 spiro atoms. The summed E-state index contributed by atoms with van der Waals surface area (Å²) in [7, 11) is 0. The van der Waals surface area contributed by atoms with E-state index in [1.165, 1.54) is 12.1 Å². The smallest absolute Gasteiger partial charge is 0.258 e. The summed E-state index contributed by atoms with van der Waals surface area (Å²) in [6.07, 6.45) is -4.91. The summed E-state index contributed by atoms with van der Waals surface area (Å²) in [5.74, 6) is -0.521. The molecule has 0 aliphatic carbocycles. The first-order valence-corrected chi connectivity index (χ1v) is 6.96. The Bertz CT molecular complexity index is 802. The Kier molecular flexibility index (Phi) is 4.59. The third-order valence-corrected chi connectivity index (χ3v) is 3.38. The maximum Gasteiger partial charge on any atom is 0.442 e. The van der Waals surface area contributed by atoms with Crippen LogP contribution in [0, 0.1) is 21.4 Å². The molecule has 1 aromatic heterocycles. The van der Waals surface area contributed by atoms with Gasteiger partial charge in [0.2, 0.25) is 5.69 Å². The highest BCUT2D eigenvalue weighted by molar-refractivity contribution is 5.45. The normalized spacial score (nSPS) is 11.5. The van der Waals surface area contributed by atoms with E-state index >= 15 is 0 Å². The van der Waals surface area contributed by atoms with Crippen molar-refractivity contribution in [1.29, 1.82) is 5.26 Å². The molecule has 0 amide bonds. The fourth-order valence-electron chi connectivity index (χ4n) is 2.39. The topological polar surface area (TPSA) is 84.8 Å². The molecule has 126 valence electrons. The third kappa shape index (κ3) is 3.37. The molecule has 9 heteroatoms. The van der Waals surface area contributed by atoms with Crippen LogP contribution in [0.2, 0.25) is 0 Å². The fraction of sp³-hybridized carbons (Fsp3) is 0.333. The summed E-state index contributed by atoms with van der Waals surface area (Å²) in [5, 5.41) is 23.4. The Balaban J connectivity index is 2.56. The summed E-state index contributed by atoms with van der Waals surface area (Å²) >= 11 is 0. The number of alkyl halides is 3. The predicted octanol–water partition coefficient (Wildman–Crippen LogP) is 3.85. The molecule has 6 nitrogen and oxygen atoms in total. The van der Waals surface area contributed by atoms with E-state index in [1.807, 2.05) is 6.07 Å². The number of rotatable bonds is 4. The molecule has 0 aliphatic rings. The van der Waals surface area contributed by atoms with Gasteiger partial charge in [0.25, 0.3) is 0 Å². The number of nitro groups is 1. The van der Waals surface area contributed by atoms with Crippen molar-refractivity contribution in [3.63, 3.8) is 0 Å². The van der Waals surface area contributed by atoms with Crippen LogP contribution in [0.1, 0.15) is 42.3 Å². The quantitative estimate of drug-likeness (QED) is 0.626. The van der Waals surface area contributed by atoms with Crippen LogP contribution in [-0.2, 0) is 12.7 Å². The van der Waals surface area contributed by atoms with Crippen LogP contribution in [0.15, 0.2) is 24.3 Å². The Morgan fingerprint density at radius 2 is 1.92 bits per heavy atom. The van der Waals surface area contributed by atoms with E-state index in [-0.39, 0.29) is 12.2 Å². The van der Waals surface area contributed by atoms with Crippen LogP contribution in [0.25, 0.3) is 0 Å². The number of nitrogens with zero attached hydrogens (tertiary/aromatic N) is 4. The van der Waals surface area contributed by atoms with E-state index in [2.05, 4.69) is 5.10 Å². The number of hydrogen-bond donors (Lipinski definition) is 0. The first kappa shape index (κ1) is 17.5. The molecule has 0 radical (unpaired) electrons. The predicted molar refractivity (Wildman–Crippen MR) is 78.2 cm³/mol. The molecule has 0 aliphatic heterocycles. The Morgan fingerprint density at radius 1 is 1.33 bits per heavy atom. The molecule has 0 saturated carbocycles. The zero-order valence-corrected chi connectivity index (χ0v) is 12.8. The minimum Gasteiger partial charge on any atom is -0.258 e. The van der Waals surface area contributed by atoms with Gasteiger partial charge in [-0.05, 0) is 17.7 Å². The highest BCUT2D eigenvalue weighted by Gasteiger charge is 2.45. The fourth-order valence-corrected chi connectivity index (χ4v) is 2.39. The van der Waals surface area contributed by atoms with E-state index in [4.69, 9.17) is 5.26 Å². The molecule has 2 aromatic rings. The number of halogens is 3. The van der Waals surface area contributed by atoms with Crippen LogP contribution >= 0.6 is 0 Å². The Hall–Kier alpha value is -2.89. The van der Waals surface area contributed by atoms with Crippen molar-refractivity contribution in [3.05, 3.63) is 56.9 Å². The first-order chi connectivity index (χ1) is 11.1. The van der Waals surface area contributed by atoms with Gasteiger partial charge in [-0.25, -0.2) is 0 Å². The summed E-state index contributed by atoms with van der Waals surface area (Å²) in [4.78, 5) is 10.1. The molecule has 1 aromatic carbocycles. The third-order valence-electron chi connectivity index (χ3n) is 3.38. The average Bonchev–Trinajstić information content (AvgIpc) is 2.88. The Labute approximate surface area is 135 Å².